The molecule has 4 aromatic rings. The molecule has 2 aromatic carbocycles. The van der Waals surface area contributed by atoms with Crippen LogP contribution in [0.1, 0.15) is 33.1 Å². The van der Waals surface area contributed by atoms with Gasteiger partial charge in [-0.25, -0.2) is 9.36 Å². The largest absolute Gasteiger partial charge is 0.319 e. The fourth-order valence-electron chi connectivity index (χ4n) is 3.47. The zero-order valence-corrected chi connectivity index (χ0v) is 17.0. The van der Waals surface area contributed by atoms with E-state index in [9.17, 15) is 4.79 Å². The van der Waals surface area contributed by atoms with Gasteiger partial charge in [-0.15, -0.1) is 0 Å². The number of amides is 1. The lowest BCUT2D eigenvalue weighted by Crippen LogP contribution is -2.13. The van der Waals surface area contributed by atoms with Gasteiger partial charge in [-0.2, -0.15) is 10.2 Å². The standard InChI is InChI=1S/C23H23N5O/c1-15-14-16(2)27(25-15)21-12-10-19(11-13-21)23(29)24-22-17(3)26-28(18(22)4)20-8-6-5-7-9-20/h5-14H,1-4H3,(H,24,29). The van der Waals surface area contributed by atoms with Crippen molar-refractivity contribution >= 4 is 11.6 Å². The van der Waals surface area contributed by atoms with Gasteiger partial charge in [0.25, 0.3) is 5.91 Å². The highest BCUT2D eigenvalue weighted by Crippen LogP contribution is 2.23. The second-order valence-corrected chi connectivity index (χ2v) is 7.13. The molecular weight excluding hydrogens is 362 g/mol. The van der Waals surface area contributed by atoms with E-state index in [1.165, 1.54) is 0 Å². The summed E-state index contributed by atoms with van der Waals surface area (Å²) in [7, 11) is 0. The number of carbonyl (C=O) groups excluding carboxylic acids is 1. The Morgan fingerprint density at radius 3 is 2.10 bits per heavy atom. The van der Waals surface area contributed by atoms with Crippen LogP contribution in [0.15, 0.2) is 60.7 Å². The molecule has 29 heavy (non-hydrogen) atoms. The highest BCUT2D eigenvalue weighted by atomic mass is 16.1. The molecule has 0 bridgehead atoms. The first-order chi connectivity index (χ1) is 13.9. The predicted molar refractivity (Wildman–Crippen MR) is 114 cm³/mol. The number of carbonyl (C=O) groups is 1. The lowest BCUT2D eigenvalue weighted by Gasteiger charge is -2.09. The smallest absolute Gasteiger partial charge is 0.255 e. The first kappa shape index (κ1) is 18.7. The summed E-state index contributed by atoms with van der Waals surface area (Å²) < 4.78 is 3.71. The van der Waals surface area contributed by atoms with E-state index >= 15 is 0 Å². The van der Waals surface area contributed by atoms with Crippen LogP contribution in [0.5, 0.6) is 0 Å². The lowest BCUT2D eigenvalue weighted by molar-refractivity contribution is 0.102. The third kappa shape index (κ3) is 3.57. The number of benzene rings is 2. The topological polar surface area (TPSA) is 64.7 Å². The maximum atomic E-state index is 12.8. The molecule has 0 aliphatic heterocycles. The van der Waals surface area contributed by atoms with Crippen molar-refractivity contribution in [3.05, 3.63) is 89.0 Å². The Hall–Kier alpha value is -3.67. The Labute approximate surface area is 169 Å². The van der Waals surface area contributed by atoms with Crippen molar-refractivity contribution in [2.45, 2.75) is 27.7 Å². The normalized spacial score (nSPS) is 10.9. The summed E-state index contributed by atoms with van der Waals surface area (Å²) in [5.41, 5.74) is 6.90. The fourth-order valence-corrected chi connectivity index (χ4v) is 3.47. The number of aryl methyl sites for hydroxylation is 3. The molecule has 2 heterocycles. The van der Waals surface area contributed by atoms with Gasteiger partial charge in [0.1, 0.15) is 0 Å². The molecule has 0 radical (unpaired) electrons. The molecule has 0 aliphatic rings. The summed E-state index contributed by atoms with van der Waals surface area (Å²) in [6.45, 7) is 7.82. The van der Waals surface area contributed by atoms with Crippen molar-refractivity contribution in [1.29, 1.82) is 0 Å². The van der Waals surface area contributed by atoms with Crippen LogP contribution in [0.2, 0.25) is 0 Å². The van der Waals surface area contributed by atoms with Crippen LogP contribution >= 0.6 is 0 Å². The molecule has 1 N–H and O–H groups in total. The first-order valence-corrected chi connectivity index (χ1v) is 9.51. The average Bonchev–Trinajstić information content (AvgIpc) is 3.21. The molecule has 0 aliphatic carbocycles. The van der Waals surface area contributed by atoms with Crippen LogP contribution in [0.3, 0.4) is 0 Å². The number of hydrogen-bond donors (Lipinski definition) is 1. The molecule has 0 atom stereocenters. The minimum absolute atomic E-state index is 0.163. The Balaban J connectivity index is 1.57. The van der Waals surface area contributed by atoms with Crippen molar-refractivity contribution in [1.82, 2.24) is 19.6 Å². The summed E-state index contributed by atoms with van der Waals surface area (Å²) in [6, 6.07) is 19.3. The number of para-hydroxylation sites is 1. The van der Waals surface area contributed by atoms with Gasteiger partial charge in [0.15, 0.2) is 0 Å². The van der Waals surface area contributed by atoms with Gasteiger partial charge in [0.2, 0.25) is 0 Å². The zero-order chi connectivity index (χ0) is 20.5. The number of hydrogen-bond acceptors (Lipinski definition) is 3. The Morgan fingerprint density at radius 1 is 0.828 bits per heavy atom. The Bertz CT molecular complexity index is 1170. The van der Waals surface area contributed by atoms with Gasteiger partial charge in [0.05, 0.1) is 34.1 Å². The number of anilines is 1. The van der Waals surface area contributed by atoms with E-state index in [0.717, 1.165) is 39.8 Å². The lowest BCUT2D eigenvalue weighted by atomic mass is 10.2. The maximum Gasteiger partial charge on any atom is 0.255 e. The predicted octanol–water partition coefficient (Wildman–Crippen LogP) is 4.54. The van der Waals surface area contributed by atoms with E-state index in [1.54, 1.807) is 0 Å². The van der Waals surface area contributed by atoms with Gasteiger partial charge in [-0.3, -0.25) is 4.79 Å². The molecule has 0 fully saturated rings. The van der Waals surface area contributed by atoms with Crippen molar-refractivity contribution in [3.63, 3.8) is 0 Å². The average molecular weight is 385 g/mol. The monoisotopic (exact) mass is 385 g/mol. The Kier molecular flexibility index (Phi) is 4.76. The summed E-state index contributed by atoms with van der Waals surface area (Å²) in [5, 5.41) is 12.1. The highest BCUT2D eigenvalue weighted by molar-refractivity contribution is 6.05. The summed E-state index contributed by atoms with van der Waals surface area (Å²) in [5.74, 6) is -0.163. The molecule has 1 amide bonds. The maximum absolute atomic E-state index is 12.8. The number of aromatic nitrogens is 4. The van der Waals surface area contributed by atoms with Crippen molar-refractivity contribution < 1.29 is 4.79 Å². The molecule has 0 spiro atoms. The first-order valence-electron chi connectivity index (χ1n) is 9.51. The molecule has 6 nitrogen and oxygen atoms in total. The summed E-state index contributed by atoms with van der Waals surface area (Å²) in [4.78, 5) is 12.8. The van der Waals surface area contributed by atoms with E-state index in [0.29, 0.717) is 5.56 Å². The minimum Gasteiger partial charge on any atom is -0.319 e. The van der Waals surface area contributed by atoms with Gasteiger partial charge in [-0.05, 0) is 70.2 Å². The van der Waals surface area contributed by atoms with Crippen molar-refractivity contribution in [2.24, 2.45) is 0 Å². The third-order valence-corrected chi connectivity index (χ3v) is 4.91. The van der Waals surface area contributed by atoms with E-state index in [1.807, 2.05) is 97.7 Å². The van der Waals surface area contributed by atoms with Crippen LogP contribution in [-0.4, -0.2) is 25.5 Å². The van der Waals surface area contributed by atoms with Crippen LogP contribution in [0.25, 0.3) is 11.4 Å². The van der Waals surface area contributed by atoms with Crippen LogP contribution in [-0.2, 0) is 0 Å². The van der Waals surface area contributed by atoms with Gasteiger partial charge >= 0.3 is 0 Å². The second-order valence-electron chi connectivity index (χ2n) is 7.13. The van der Waals surface area contributed by atoms with Crippen LogP contribution in [0.4, 0.5) is 5.69 Å². The molecule has 146 valence electrons. The number of rotatable bonds is 4. The number of nitrogens with zero attached hydrogens (tertiary/aromatic N) is 4. The fraction of sp³-hybridized carbons (Fsp3) is 0.174. The SMILES string of the molecule is Cc1cc(C)n(-c2ccc(C(=O)Nc3c(C)nn(-c4ccccc4)c3C)cc2)n1. The summed E-state index contributed by atoms with van der Waals surface area (Å²) in [6.07, 6.45) is 0. The van der Waals surface area contributed by atoms with Gasteiger partial charge in [0, 0.05) is 11.3 Å². The molecule has 0 unspecified atom stereocenters. The van der Waals surface area contributed by atoms with E-state index in [4.69, 9.17) is 0 Å². The van der Waals surface area contributed by atoms with Gasteiger partial charge < -0.3 is 5.32 Å². The molecule has 0 saturated carbocycles. The van der Waals surface area contributed by atoms with Crippen LogP contribution in [0, 0.1) is 27.7 Å². The Morgan fingerprint density at radius 2 is 1.48 bits per heavy atom. The quantitative estimate of drug-likeness (QED) is 0.561. The highest BCUT2D eigenvalue weighted by Gasteiger charge is 2.16. The molecule has 0 saturated heterocycles. The molecule has 6 heteroatoms. The van der Waals surface area contributed by atoms with E-state index in [2.05, 4.69) is 15.5 Å². The summed E-state index contributed by atoms with van der Waals surface area (Å²) >= 11 is 0. The third-order valence-electron chi connectivity index (χ3n) is 4.91. The van der Waals surface area contributed by atoms with Crippen molar-refractivity contribution in [2.75, 3.05) is 5.32 Å². The second kappa shape index (κ2) is 7.39. The van der Waals surface area contributed by atoms with Gasteiger partial charge in [-0.1, -0.05) is 18.2 Å². The number of nitrogens with one attached hydrogen (secondary N) is 1. The van der Waals surface area contributed by atoms with E-state index in [-0.39, 0.29) is 5.91 Å². The van der Waals surface area contributed by atoms with E-state index < -0.39 is 0 Å². The molecule has 4 rings (SSSR count). The molecule has 2 aromatic heterocycles. The zero-order valence-electron chi connectivity index (χ0n) is 17.0. The molecular formula is C23H23N5O. The van der Waals surface area contributed by atoms with Crippen LogP contribution < -0.4 is 5.32 Å². The minimum atomic E-state index is -0.163. The van der Waals surface area contributed by atoms with Crippen molar-refractivity contribution in [3.8, 4) is 11.4 Å².